The summed E-state index contributed by atoms with van der Waals surface area (Å²) in [6.07, 6.45) is 0. The van der Waals surface area contributed by atoms with Crippen molar-refractivity contribution in [1.82, 2.24) is 5.32 Å². The lowest BCUT2D eigenvalue weighted by molar-refractivity contribution is -0.00531. The molecular weight excluding hydrogens is 262 g/mol. The SMILES string of the molecule is COc1ccc2cc(CNC(C)(C)C(C)(C)O)ccc2c1. The molecule has 0 aliphatic carbocycles. The second kappa shape index (κ2) is 5.66. The van der Waals surface area contributed by atoms with Crippen LogP contribution >= 0.6 is 0 Å². The second-order valence-corrected chi connectivity index (χ2v) is 6.59. The van der Waals surface area contributed by atoms with Gasteiger partial charge in [0.05, 0.1) is 12.7 Å². The summed E-state index contributed by atoms with van der Waals surface area (Å²) in [5.41, 5.74) is 0.0593. The van der Waals surface area contributed by atoms with Crippen LogP contribution < -0.4 is 10.1 Å². The van der Waals surface area contributed by atoms with E-state index in [1.807, 2.05) is 39.8 Å². The lowest BCUT2D eigenvalue weighted by Crippen LogP contribution is -2.55. The van der Waals surface area contributed by atoms with Gasteiger partial charge in [0.15, 0.2) is 0 Å². The van der Waals surface area contributed by atoms with Crippen molar-refractivity contribution in [1.29, 1.82) is 0 Å². The van der Waals surface area contributed by atoms with E-state index in [1.54, 1.807) is 7.11 Å². The molecule has 0 fully saturated rings. The molecule has 0 saturated heterocycles. The van der Waals surface area contributed by atoms with Gasteiger partial charge in [-0.3, -0.25) is 0 Å². The van der Waals surface area contributed by atoms with Crippen molar-refractivity contribution in [2.45, 2.75) is 45.4 Å². The summed E-state index contributed by atoms with van der Waals surface area (Å²) in [4.78, 5) is 0. The van der Waals surface area contributed by atoms with E-state index in [1.165, 1.54) is 16.3 Å². The van der Waals surface area contributed by atoms with E-state index in [0.717, 1.165) is 12.3 Å². The van der Waals surface area contributed by atoms with E-state index in [9.17, 15) is 5.11 Å². The first kappa shape index (κ1) is 15.8. The minimum Gasteiger partial charge on any atom is -0.497 e. The van der Waals surface area contributed by atoms with E-state index in [0.29, 0.717) is 0 Å². The van der Waals surface area contributed by atoms with E-state index in [-0.39, 0.29) is 5.54 Å². The van der Waals surface area contributed by atoms with Crippen molar-refractivity contribution >= 4 is 10.8 Å². The first-order valence-corrected chi connectivity index (χ1v) is 7.27. The Morgan fingerprint density at radius 2 is 1.62 bits per heavy atom. The van der Waals surface area contributed by atoms with Crippen LogP contribution in [0.1, 0.15) is 33.3 Å². The number of benzene rings is 2. The monoisotopic (exact) mass is 287 g/mol. The highest BCUT2D eigenvalue weighted by Gasteiger charge is 2.34. The molecule has 0 radical (unpaired) electrons. The fourth-order valence-corrected chi connectivity index (χ4v) is 2.05. The molecule has 2 aromatic rings. The zero-order chi connectivity index (χ0) is 15.7. The van der Waals surface area contributed by atoms with Gasteiger partial charge in [-0.25, -0.2) is 0 Å². The average molecular weight is 287 g/mol. The highest BCUT2D eigenvalue weighted by Crippen LogP contribution is 2.24. The van der Waals surface area contributed by atoms with Crippen LogP contribution in [0.5, 0.6) is 5.75 Å². The largest absolute Gasteiger partial charge is 0.497 e. The Labute approximate surface area is 126 Å². The van der Waals surface area contributed by atoms with Gasteiger partial charge >= 0.3 is 0 Å². The molecular formula is C18H25NO2. The van der Waals surface area contributed by atoms with Gasteiger partial charge in [0.2, 0.25) is 0 Å². The Hall–Kier alpha value is -1.58. The maximum Gasteiger partial charge on any atom is 0.119 e. The molecule has 3 heteroatoms. The van der Waals surface area contributed by atoms with Crippen LogP contribution in [0.15, 0.2) is 36.4 Å². The highest BCUT2D eigenvalue weighted by atomic mass is 16.5. The van der Waals surface area contributed by atoms with Crippen LogP contribution in [0.2, 0.25) is 0 Å². The third-order valence-corrected chi connectivity index (χ3v) is 4.38. The average Bonchev–Trinajstić information content (AvgIpc) is 2.43. The van der Waals surface area contributed by atoms with Gasteiger partial charge in [-0.05, 0) is 62.2 Å². The third-order valence-electron chi connectivity index (χ3n) is 4.38. The van der Waals surface area contributed by atoms with E-state index >= 15 is 0 Å². The first-order chi connectivity index (χ1) is 9.73. The Balaban J connectivity index is 2.17. The normalized spacial score (nSPS) is 12.7. The molecule has 3 nitrogen and oxygen atoms in total. The summed E-state index contributed by atoms with van der Waals surface area (Å²) in [5.74, 6) is 0.872. The molecule has 0 aromatic heterocycles. The predicted octanol–water partition coefficient (Wildman–Crippen LogP) is 3.49. The second-order valence-electron chi connectivity index (χ2n) is 6.59. The van der Waals surface area contributed by atoms with Crippen molar-refractivity contribution in [3.63, 3.8) is 0 Å². The number of nitrogens with one attached hydrogen (secondary N) is 1. The van der Waals surface area contributed by atoms with Crippen molar-refractivity contribution in [3.8, 4) is 5.75 Å². The predicted molar refractivity (Wildman–Crippen MR) is 87.7 cm³/mol. The summed E-state index contributed by atoms with van der Waals surface area (Å²) in [7, 11) is 1.68. The molecule has 0 aliphatic heterocycles. The summed E-state index contributed by atoms with van der Waals surface area (Å²) < 4.78 is 5.24. The zero-order valence-corrected chi connectivity index (χ0v) is 13.5. The summed E-state index contributed by atoms with van der Waals surface area (Å²) in [6, 6.07) is 12.5. The number of rotatable bonds is 5. The minimum atomic E-state index is -0.781. The van der Waals surface area contributed by atoms with Crippen LogP contribution in [0.3, 0.4) is 0 Å². The molecule has 0 aliphatic rings. The van der Waals surface area contributed by atoms with Crippen LogP contribution in [0, 0.1) is 0 Å². The highest BCUT2D eigenvalue weighted by molar-refractivity contribution is 5.84. The number of aliphatic hydroxyl groups is 1. The molecule has 0 atom stereocenters. The Morgan fingerprint density at radius 1 is 1.00 bits per heavy atom. The fourth-order valence-electron chi connectivity index (χ4n) is 2.05. The zero-order valence-electron chi connectivity index (χ0n) is 13.5. The van der Waals surface area contributed by atoms with Gasteiger partial charge in [0.25, 0.3) is 0 Å². The number of ether oxygens (including phenoxy) is 1. The number of hydrogen-bond acceptors (Lipinski definition) is 3. The van der Waals surface area contributed by atoms with Crippen molar-refractivity contribution < 1.29 is 9.84 Å². The molecule has 21 heavy (non-hydrogen) atoms. The van der Waals surface area contributed by atoms with Crippen molar-refractivity contribution in [2.75, 3.05) is 7.11 Å². The number of fused-ring (bicyclic) bond motifs is 1. The first-order valence-electron chi connectivity index (χ1n) is 7.27. The minimum absolute atomic E-state index is 0.359. The van der Waals surface area contributed by atoms with Gasteiger partial charge < -0.3 is 15.2 Å². The van der Waals surface area contributed by atoms with E-state index in [2.05, 4.69) is 29.6 Å². The smallest absolute Gasteiger partial charge is 0.119 e. The molecule has 0 bridgehead atoms. The van der Waals surface area contributed by atoms with Gasteiger partial charge in [-0.2, -0.15) is 0 Å². The van der Waals surface area contributed by atoms with Crippen LogP contribution in [0.4, 0.5) is 0 Å². The molecule has 0 amide bonds. The van der Waals surface area contributed by atoms with Gasteiger partial charge in [0, 0.05) is 12.1 Å². The Bertz CT molecular complexity index is 627. The fraction of sp³-hybridized carbons (Fsp3) is 0.444. The van der Waals surface area contributed by atoms with Crippen LogP contribution in [-0.4, -0.2) is 23.4 Å². The third kappa shape index (κ3) is 3.55. The molecule has 2 aromatic carbocycles. The quantitative estimate of drug-likeness (QED) is 0.884. The van der Waals surface area contributed by atoms with Gasteiger partial charge in [-0.15, -0.1) is 0 Å². The number of hydrogen-bond donors (Lipinski definition) is 2. The van der Waals surface area contributed by atoms with Gasteiger partial charge in [-0.1, -0.05) is 18.2 Å². The lowest BCUT2D eigenvalue weighted by atomic mass is 9.86. The van der Waals surface area contributed by atoms with Gasteiger partial charge in [0.1, 0.15) is 5.75 Å². The summed E-state index contributed by atoms with van der Waals surface area (Å²) in [5, 5.41) is 16.0. The number of methoxy groups -OCH3 is 1. The molecule has 2 rings (SSSR count). The standard InChI is InChI=1S/C18H25NO2/c1-17(2,18(3,4)20)19-12-13-6-7-15-11-16(21-5)9-8-14(15)10-13/h6-11,19-20H,12H2,1-5H3. The molecule has 114 valence electrons. The topological polar surface area (TPSA) is 41.5 Å². The van der Waals surface area contributed by atoms with E-state index in [4.69, 9.17) is 4.74 Å². The maximum atomic E-state index is 10.2. The summed E-state index contributed by atoms with van der Waals surface area (Å²) >= 11 is 0. The lowest BCUT2D eigenvalue weighted by Gasteiger charge is -2.38. The van der Waals surface area contributed by atoms with Crippen LogP contribution in [0.25, 0.3) is 10.8 Å². The summed E-state index contributed by atoms with van der Waals surface area (Å²) in [6.45, 7) is 8.40. The van der Waals surface area contributed by atoms with Crippen LogP contribution in [-0.2, 0) is 6.54 Å². The van der Waals surface area contributed by atoms with Crippen molar-refractivity contribution in [3.05, 3.63) is 42.0 Å². The molecule has 0 spiro atoms. The Morgan fingerprint density at radius 3 is 2.24 bits per heavy atom. The van der Waals surface area contributed by atoms with E-state index < -0.39 is 5.60 Å². The van der Waals surface area contributed by atoms with Crippen molar-refractivity contribution in [2.24, 2.45) is 0 Å². The maximum absolute atomic E-state index is 10.2. The molecule has 0 heterocycles. The molecule has 2 N–H and O–H groups in total. The molecule has 0 unspecified atom stereocenters. The molecule has 0 saturated carbocycles. The Kier molecular flexibility index (Phi) is 4.26.